The third-order valence-corrected chi connectivity index (χ3v) is 3.86. The molecule has 0 saturated carbocycles. The highest BCUT2D eigenvalue weighted by Gasteiger charge is 2.47. The highest BCUT2D eigenvalue weighted by molar-refractivity contribution is 5.87. The molecule has 0 unspecified atom stereocenters. The van der Waals surface area contributed by atoms with Crippen molar-refractivity contribution in [3.8, 4) is 5.75 Å². The second-order valence-corrected chi connectivity index (χ2v) is 5.80. The summed E-state index contributed by atoms with van der Waals surface area (Å²) in [7, 11) is 1.55. The molecule has 26 heavy (non-hydrogen) atoms. The van der Waals surface area contributed by atoms with E-state index in [0.29, 0.717) is 5.75 Å². The summed E-state index contributed by atoms with van der Waals surface area (Å²) in [5.41, 5.74) is 0.736. The minimum atomic E-state index is -1.51. The zero-order valence-electron chi connectivity index (χ0n) is 14.7. The molecule has 8 nitrogen and oxygen atoms in total. The lowest BCUT2D eigenvalue weighted by atomic mass is 9.99. The molecule has 1 saturated heterocycles. The smallest absolute Gasteiger partial charge is 0.331 e. The second kappa shape index (κ2) is 8.79. The number of esters is 2. The maximum Gasteiger partial charge on any atom is 0.331 e. The Hall–Kier alpha value is -2.42. The lowest BCUT2D eigenvalue weighted by molar-refractivity contribution is -0.284. The van der Waals surface area contributed by atoms with Gasteiger partial charge in [-0.1, -0.05) is 12.1 Å². The molecule has 5 atom stereocenters. The number of carbonyl (C=O) groups excluding carboxylic acids is 2. The van der Waals surface area contributed by atoms with Crippen molar-refractivity contribution < 1.29 is 38.7 Å². The van der Waals surface area contributed by atoms with Crippen molar-refractivity contribution in [1.29, 1.82) is 0 Å². The van der Waals surface area contributed by atoms with Crippen LogP contribution in [-0.2, 0) is 23.8 Å². The first kappa shape index (κ1) is 19.9. The van der Waals surface area contributed by atoms with E-state index in [1.165, 1.54) is 19.1 Å². The molecule has 1 aliphatic rings. The summed E-state index contributed by atoms with van der Waals surface area (Å²) in [6, 6.07) is 6.98. The Morgan fingerprint density at radius 3 is 2.35 bits per heavy atom. The number of methoxy groups -OCH3 is 1. The van der Waals surface area contributed by atoms with Crippen LogP contribution in [0.1, 0.15) is 19.4 Å². The van der Waals surface area contributed by atoms with Crippen LogP contribution in [0, 0.1) is 0 Å². The Balaban J connectivity index is 2.07. The van der Waals surface area contributed by atoms with Crippen LogP contribution in [0.4, 0.5) is 0 Å². The molecule has 0 bridgehead atoms. The van der Waals surface area contributed by atoms with Crippen LogP contribution >= 0.6 is 0 Å². The number of rotatable bonds is 5. The van der Waals surface area contributed by atoms with Crippen molar-refractivity contribution in [1.82, 2.24) is 0 Å². The molecular formula is C18H22O8. The number of carbonyl (C=O) groups is 2. The summed E-state index contributed by atoms with van der Waals surface area (Å²) in [4.78, 5) is 23.3. The van der Waals surface area contributed by atoms with Gasteiger partial charge in [-0.05, 0) is 30.7 Å². The Morgan fingerprint density at radius 1 is 1.12 bits per heavy atom. The van der Waals surface area contributed by atoms with E-state index >= 15 is 0 Å². The Bertz CT molecular complexity index is 654. The molecule has 1 heterocycles. The maximum atomic E-state index is 12.1. The molecule has 0 aromatic heterocycles. The first-order valence-electron chi connectivity index (χ1n) is 8.03. The van der Waals surface area contributed by atoms with Gasteiger partial charge < -0.3 is 29.2 Å². The van der Waals surface area contributed by atoms with Gasteiger partial charge in [0.25, 0.3) is 0 Å². The summed E-state index contributed by atoms with van der Waals surface area (Å²) in [6.45, 7) is 2.64. The molecular weight excluding hydrogens is 344 g/mol. The molecule has 8 heteroatoms. The molecule has 0 aliphatic carbocycles. The molecule has 1 aromatic rings. The van der Waals surface area contributed by atoms with E-state index in [4.69, 9.17) is 18.9 Å². The van der Waals surface area contributed by atoms with Crippen LogP contribution in [0.2, 0.25) is 0 Å². The lowest BCUT2D eigenvalue weighted by Gasteiger charge is -2.40. The SMILES string of the molecule is COc1ccc(/C=C\C(=O)O[C@@H]2[C@@H](O)[C@H](C)O[C@@H](O)[C@@H]2OC(C)=O)cc1. The Labute approximate surface area is 150 Å². The Morgan fingerprint density at radius 2 is 1.77 bits per heavy atom. The van der Waals surface area contributed by atoms with Crippen LogP contribution in [0.15, 0.2) is 30.3 Å². The average molecular weight is 366 g/mol. The van der Waals surface area contributed by atoms with Crippen molar-refractivity contribution in [3.05, 3.63) is 35.9 Å². The molecule has 2 N–H and O–H groups in total. The van der Waals surface area contributed by atoms with Gasteiger partial charge >= 0.3 is 11.9 Å². The van der Waals surface area contributed by atoms with Crippen molar-refractivity contribution in [2.75, 3.05) is 7.11 Å². The highest BCUT2D eigenvalue weighted by Crippen LogP contribution is 2.25. The molecule has 1 fully saturated rings. The quantitative estimate of drug-likeness (QED) is 0.577. The van der Waals surface area contributed by atoms with Gasteiger partial charge in [0, 0.05) is 13.0 Å². The maximum absolute atomic E-state index is 12.1. The molecule has 0 radical (unpaired) electrons. The average Bonchev–Trinajstić information content (AvgIpc) is 2.61. The predicted octanol–water partition coefficient (Wildman–Crippen LogP) is 0.650. The summed E-state index contributed by atoms with van der Waals surface area (Å²) < 4.78 is 20.3. The van der Waals surface area contributed by atoms with E-state index in [0.717, 1.165) is 12.5 Å². The van der Waals surface area contributed by atoms with Gasteiger partial charge in [-0.2, -0.15) is 0 Å². The fraction of sp³-hybridized carbons (Fsp3) is 0.444. The van der Waals surface area contributed by atoms with Crippen molar-refractivity contribution >= 4 is 18.0 Å². The van der Waals surface area contributed by atoms with Gasteiger partial charge in [0.15, 0.2) is 18.5 Å². The van der Waals surface area contributed by atoms with Crippen LogP contribution in [0.25, 0.3) is 6.08 Å². The summed E-state index contributed by atoms with van der Waals surface area (Å²) in [6.07, 6.45) is -3.47. The monoisotopic (exact) mass is 366 g/mol. The third-order valence-electron chi connectivity index (χ3n) is 3.86. The van der Waals surface area contributed by atoms with Crippen molar-refractivity contribution in [2.45, 2.75) is 44.6 Å². The van der Waals surface area contributed by atoms with Crippen LogP contribution < -0.4 is 4.74 Å². The van der Waals surface area contributed by atoms with E-state index in [-0.39, 0.29) is 0 Å². The fourth-order valence-electron chi connectivity index (χ4n) is 2.51. The number of aliphatic hydroxyl groups excluding tert-OH is 2. The minimum Gasteiger partial charge on any atom is -0.497 e. The largest absolute Gasteiger partial charge is 0.497 e. The van der Waals surface area contributed by atoms with Crippen molar-refractivity contribution in [3.63, 3.8) is 0 Å². The molecule has 0 amide bonds. The van der Waals surface area contributed by atoms with Crippen molar-refractivity contribution in [2.24, 2.45) is 0 Å². The first-order chi connectivity index (χ1) is 12.3. The molecule has 1 aliphatic heterocycles. The number of ether oxygens (including phenoxy) is 4. The summed E-state index contributed by atoms with van der Waals surface area (Å²) in [5, 5.41) is 20.1. The van der Waals surface area contributed by atoms with Gasteiger partial charge in [-0.3, -0.25) is 4.79 Å². The third kappa shape index (κ3) is 5.04. The van der Waals surface area contributed by atoms with Gasteiger partial charge in [0.1, 0.15) is 11.9 Å². The van der Waals surface area contributed by atoms with Gasteiger partial charge in [0.05, 0.1) is 13.2 Å². The molecule has 2 rings (SSSR count). The molecule has 1 aromatic carbocycles. The zero-order chi connectivity index (χ0) is 19.3. The second-order valence-electron chi connectivity index (χ2n) is 5.80. The normalized spacial score (nSPS) is 28.6. The number of hydrogen-bond donors (Lipinski definition) is 2. The van der Waals surface area contributed by atoms with Gasteiger partial charge in [0.2, 0.25) is 0 Å². The van der Waals surface area contributed by atoms with Crippen LogP contribution in [-0.4, -0.2) is 60.0 Å². The van der Waals surface area contributed by atoms with E-state index in [1.807, 2.05) is 0 Å². The van der Waals surface area contributed by atoms with E-state index in [9.17, 15) is 19.8 Å². The fourth-order valence-corrected chi connectivity index (χ4v) is 2.51. The summed E-state index contributed by atoms with van der Waals surface area (Å²) in [5.74, 6) is -0.778. The van der Waals surface area contributed by atoms with E-state index in [2.05, 4.69) is 0 Å². The first-order valence-corrected chi connectivity index (χ1v) is 8.03. The van der Waals surface area contributed by atoms with Crippen LogP contribution in [0.3, 0.4) is 0 Å². The highest BCUT2D eigenvalue weighted by atomic mass is 16.7. The summed E-state index contributed by atoms with van der Waals surface area (Å²) >= 11 is 0. The zero-order valence-corrected chi connectivity index (χ0v) is 14.7. The minimum absolute atomic E-state index is 0.683. The van der Waals surface area contributed by atoms with Gasteiger partial charge in [-0.15, -0.1) is 0 Å². The topological polar surface area (TPSA) is 112 Å². The standard InChI is InChI=1S/C18H22O8/c1-10-15(21)16(17(18(22)24-10)25-11(2)19)26-14(20)9-6-12-4-7-13(23-3)8-5-12/h4-10,15-18,21-22H,1-3H3/b9-6-/t10-,15-,16+,17+,18+/m0/s1. The predicted molar refractivity (Wildman–Crippen MR) is 90.0 cm³/mol. The van der Waals surface area contributed by atoms with E-state index < -0.39 is 42.6 Å². The number of benzene rings is 1. The Kier molecular flexibility index (Phi) is 6.73. The number of aliphatic hydroxyl groups is 2. The van der Waals surface area contributed by atoms with Crippen LogP contribution in [0.5, 0.6) is 5.75 Å². The molecule has 142 valence electrons. The van der Waals surface area contributed by atoms with Gasteiger partial charge in [-0.25, -0.2) is 4.79 Å². The number of hydrogen-bond acceptors (Lipinski definition) is 8. The molecule has 0 spiro atoms. The van der Waals surface area contributed by atoms with E-state index in [1.54, 1.807) is 31.4 Å². The lowest BCUT2D eigenvalue weighted by Crippen LogP contribution is -2.59.